The maximum Gasteiger partial charge on any atom is 0.178 e. The molecule has 2 rings (SSSR count). The SMILES string of the molecule is CC(=O)c1c[c]c2ccccc2n1. The lowest BCUT2D eigenvalue weighted by molar-refractivity contribution is 0.101. The summed E-state index contributed by atoms with van der Waals surface area (Å²) < 4.78 is 0. The van der Waals surface area contributed by atoms with Crippen molar-refractivity contribution >= 4 is 16.7 Å². The number of para-hydroxylation sites is 1. The van der Waals surface area contributed by atoms with Gasteiger partial charge in [0, 0.05) is 12.3 Å². The van der Waals surface area contributed by atoms with Gasteiger partial charge in [-0.05, 0) is 18.2 Å². The van der Waals surface area contributed by atoms with E-state index in [-0.39, 0.29) is 5.78 Å². The number of benzene rings is 1. The summed E-state index contributed by atoms with van der Waals surface area (Å²) in [5.74, 6) is -0.0259. The molecule has 1 aromatic heterocycles. The van der Waals surface area contributed by atoms with Crippen molar-refractivity contribution in [3.05, 3.63) is 42.1 Å². The molecule has 1 radical (unpaired) electrons. The molecule has 2 heteroatoms. The summed E-state index contributed by atoms with van der Waals surface area (Å²) in [5, 5.41) is 0.938. The molecule has 0 aliphatic carbocycles. The standard InChI is InChI=1S/C11H8NO/c1-8(13)10-7-6-9-4-2-3-5-11(9)12-10/h2-5,7H,1H3. The fraction of sp³-hybridized carbons (Fsp3) is 0.0909. The van der Waals surface area contributed by atoms with E-state index in [1.165, 1.54) is 6.92 Å². The lowest BCUT2D eigenvalue weighted by atomic mass is 10.2. The van der Waals surface area contributed by atoms with Crippen molar-refractivity contribution < 1.29 is 4.79 Å². The Morgan fingerprint density at radius 3 is 2.92 bits per heavy atom. The topological polar surface area (TPSA) is 30.0 Å². The predicted octanol–water partition coefficient (Wildman–Crippen LogP) is 2.24. The summed E-state index contributed by atoms with van der Waals surface area (Å²) in [6.45, 7) is 1.50. The average molecular weight is 170 g/mol. The highest BCUT2D eigenvalue weighted by Gasteiger charge is 2.01. The molecule has 2 nitrogen and oxygen atoms in total. The zero-order valence-electron chi connectivity index (χ0n) is 7.24. The minimum Gasteiger partial charge on any atom is -0.293 e. The third-order valence-corrected chi connectivity index (χ3v) is 1.87. The number of carbonyl (C=O) groups is 1. The van der Waals surface area contributed by atoms with Crippen LogP contribution >= 0.6 is 0 Å². The highest BCUT2D eigenvalue weighted by atomic mass is 16.1. The van der Waals surface area contributed by atoms with Crippen LogP contribution in [-0.2, 0) is 0 Å². The molecule has 0 N–H and O–H groups in total. The van der Waals surface area contributed by atoms with Crippen LogP contribution in [0, 0.1) is 6.07 Å². The maximum atomic E-state index is 11.0. The van der Waals surface area contributed by atoms with Crippen molar-refractivity contribution in [2.24, 2.45) is 0 Å². The van der Waals surface area contributed by atoms with Gasteiger partial charge in [0.25, 0.3) is 0 Å². The Bertz CT molecular complexity index is 462. The zero-order chi connectivity index (χ0) is 9.26. The third kappa shape index (κ3) is 1.43. The van der Waals surface area contributed by atoms with Gasteiger partial charge in [-0.1, -0.05) is 18.2 Å². The fourth-order valence-electron chi connectivity index (χ4n) is 1.18. The molecule has 63 valence electrons. The van der Waals surface area contributed by atoms with E-state index in [2.05, 4.69) is 11.1 Å². The van der Waals surface area contributed by atoms with Crippen molar-refractivity contribution in [3.63, 3.8) is 0 Å². The largest absolute Gasteiger partial charge is 0.293 e. The molecule has 2 aromatic rings. The molecule has 0 spiro atoms. The van der Waals surface area contributed by atoms with Gasteiger partial charge in [0.1, 0.15) is 5.69 Å². The predicted molar refractivity (Wildman–Crippen MR) is 50.6 cm³/mol. The molecule has 0 fully saturated rings. The van der Waals surface area contributed by atoms with Gasteiger partial charge in [0.15, 0.2) is 5.78 Å². The van der Waals surface area contributed by atoms with Crippen LogP contribution in [0.4, 0.5) is 0 Å². The third-order valence-electron chi connectivity index (χ3n) is 1.87. The summed E-state index contributed by atoms with van der Waals surface area (Å²) in [7, 11) is 0. The van der Waals surface area contributed by atoms with Crippen molar-refractivity contribution in [3.8, 4) is 0 Å². The molecule has 1 aromatic carbocycles. The first-order valence-electron chi connectivity index (χ1n) is 4.06. The van der Waals surface area contributed by atoms with Crippen LogP contribution in [0.3, 0.4) is 0 Å². The molecule has 0 unspecified atom stereocenters. The van der Waals surface area contributed by atoms with E-state index in [0.29, 0.717) is 5.69 Å². The van der Waals surface area contributed by atoms with E-state index in [0.717, 1.165) is 10.9 Å². The number of ketones is 1. The Kier molecular flexibility index (Phi) is 1.81. The van der Waals surface area contributed by atoms with Gasteiger partial charge in [-0.25, -0.2) is 4.98 Å². The first-order chi connectivity index (χ1) is 6.27. The molecule has 13 heavy (non-hydrogen) atoms. The number of fused-ring (bicyclic) bond motifs is 1. The van der Waals surface area contributed by atoms with Crippen LogP contribution in [0.5, 0.6) is 0 Å². The second-order valence-electron chi connectivity index (χ2n) is 2.86. The number of Topliss-reactive ketones (excluding diaryl/α,β-unsaturated/α-hetero) is 1. The molecule has 0 saturated carbocycles. The highest BCUT2D eigenvalue weighted by Crippen LogP contribution is 2.10. The molecule has 0 aliphatic heterocycles. The minimum atomic E-state index is -0.0259. The van der Waals surface area contributed by atoms with Crippen LogP contribution in [0.2, 0.25) is 0 Å². The lowest BCUT2D eigenvalue weighted by Crippen LogP contribution is -1.95. The summed E-state index contributed by atoms with van der Waals surface area (Å²) >= 11 is 0. The maximum absolute atomic E-state index is 11.0. The van der Waals surface area contributed by atoms with E-state index < -0.39 is 0 Å². The Morgan fingerprint density at radius 2 is 2.15 bits per heavy atom. The van der Waals surface area contributed by atoms with Crippen LogP contribution < -0.4 is 0 Å². The fourth-order valence-corrected chi connectivity index (χ4v) is 1.18. The molecule has 0 saturated heterocycles. The summed E-state index contributed by atoms with van der Waals surface area (Å²) in [5.41, 5.74) is 1.29. The Hall–Kier alpha value is -1.70. The average Bonchev–Trinajstić information content (AvgIpc) is 2.17. The number of carbonyl (C=O) groups excluding carboxylic acids is 1. The number of hydrogen-bond acceptors (Lipinski definition) is 2. The molecule has 0 amide bonds. The number of aromatic nitrogens is 1. The molecule has 0 aliphatic rings. The highest BCUT2D eigenvalue weighted by molar-refractivity contribution is 5.94. The molecule has 1 heterocycles. The van der Waals surface area contributed by atoms with Crippen molar-refractivity contribution in [1.29, 1.82) is 0 Å². The number of pyridine rings is 1. The van der Waals surface area contributed by atoms with E-state index in [4.69, 9.17) is 0 Å². The van der Waals surface area contributed by atoms with E-state index in [1.807, 2.05) is 24.3 Å². The van der Waals surface area contributed by atoms with E-state index in [1.54, 1.807) is 6.07 Å². The monoisotopic (exact) mass is 170 g/mol. The van der Waals surface area contributed by atoms with Crippen molar-refractivity contribution in [1.82, 2.24) is 4.98 Å². The van der Waals surface area contributed by atoms with E-state index in [9.17, 15) is 4.79 Å². The smallest absolute Gasteiger partial charge is 0.178 e. The second-order valence-corrected chi connectivity index (χ2v) is 2.86. The summed E-state index contributed by atoms with van der Waals surface area (Å²) in [6.07, 6.45) is 0. The zero-order valence-corrected chi connectivity index (χ0v) is 7.24. The van der Waals surface area contributed by atoms with Crippen LogP contribution in [0.25, 0.3) is 10.9 Å². The summed E-state index contributed by atoms with van der Waals surface area (Å²) in [4.78, 5) is 15.2. The van der Waals surface area contributed by atoms with Gasteiger partial charge in [-0.3, -0.25) is 4.79 Å². The lowest BCUT2D eigenvalue weighted by Gasteiger charge is -1.97. The van der Waals surface area contributed by atoms with E-state index >= 15 is 0 Å². The van der Waals surface area contributed by atoms with Crippen molar-refractivity contribution in [2.75, 3.05) is 0 Å². The first kappa shape index (κ1) is 7.92. The number of nitrogens with zero attached hydrogens (tertiary/aromatic N) is 1. The number of rotatable bonds is 1. The van der Waals surface area contributed by atoms with Gasteiger partial charge >= 0.3 is 0 Å². The van der Waals surface area contributed by atoms with Crippen molar-refractivity contribution in [2.45, 2.75) is 6.92 Å². The number of hydrogen-bond donors (Lipinski definition) is 0. The normalized spacial score (nSPS) is 10.2. The first-order valence-corrected chi connectivity index (χ1v) is 4.06. The molecule has 0 atom stereocenters. The van der Waals surface area contributed by atoms with Crippen LogP contribution in [0.1, 0.15) is 17.4 Å². The van der Waals surface area contributed by atoms with Crippen LogP contribution in [0.15, 0.2) is 30.3 Å². The van der Waals surface area contributed by atoms with Gasteiger partial charge in [-0.15, -0.1) is 0 Å². The van der Waals surface area contributed by atoms with Crippen LogP contribution in [-0.4, -0.2) is 10.8 Å². The molecule has 0 bridgehead atoms. The van der Waals surface area contributed by atoms with Gasteiger partial charge < -0.3 is 0 Å². The summed E-state index contributed by atoms with van der Waals surface area (Å²) in [6, 6.07) is 12.3. The Labute approximate surface area is 76.2 Å². The van der Waals surface area contributed by atoms with Gasteiger partial charge in [0.05, 0.1) is 5.52 Å². The molecular weight excluding hydrogens is 162 g/mol. The van der Waals surface area contributed by atoms with Gasteiger partial charge in [0.2, 0.25) is 0 Å². The Morgan fingerprint density at radius 1 is 1.38 bits per heavy atom. The minimum absolute atomic E-state index is 0.0259. The Balaban J connectivity index is 2.69. The second kappa shape index (κ2) is 2.98. The molecular formula is C11H8NO. The van der Waals surface area contributed by atoms with Gasteiger partial charge in [-0.2, -0.15) is 0 Å². The quantitative estimate of drug-likeness (QED) is 0.614.